The zero-order chi connectivity index (χ0) is 13.0. The van der Waals surface area contributed by atoms with Crippen LogP contribution < -0.4 is 0 Å². The number of carbonyl (C=O) groups is 1. The van der Waals surface area contributed by atoms with E-state index in [1.165, 1.54) is 5.56 Å². The van der Waals surface area contributed by atoms with Crippen LogP contribution in [0.3, 0.4) is 0 Å². The zero-order valence-corrected chi connectivity index (χ0v) is 11.4. The fraction of sp³-hybridized carbons (Fsp3) is 0.500. The number of thioether (sulfide) groups is 1. The number of nitrogens with zero attached hydrogens (tertiary/aromatic N) is 1. The van der Waals surface area contributed by atoms with Gasteiger partial charge in [0.1, 0.15) is 0 Å². The summed E-state index contributed by atoms with van der Waals surface area (Å²) in [5.74, 6) is 1.01. The van der Waals surface area contributed by atoms with Gasteiger partial charge in [-0.05, 0) is 36.8 Å². The van der Waals surface area contributed by atoms with Crippen LogP contribution in [-0.2, 0) is 5.75 Å². The van der Waals surface area contributed by atoms with Crippen molar-refractivity contribution in [1.29, 1.82) is 0 Å². The summed E-state index contributed by atoms with van der Waals surface area (Å²) in [5.41, 5.74) is 1.96. The lowest BCUT2D eigenvalue weighted by atomic mass is 10.1. The summed E-state index contributed by atoms with van der Waals surface area (Å²) in [6.45, 7) is 0.475. The van der Waals surface area contributed by atoms with Crippen molar-refractivity contribution >= 4 is 17.7 Å². The number of hydrogen-bond acceptors (Lipinski definition) is 3. The molecule has 1 aliphatic rings. The van der Waals surface area contributed by atoms with Crippen LogP contribution in [0.1, 0.15) is 28.8 Å². The van der Waals surface area contributed by atoms with E-state index in [0.717, 1.165) is 24.2 Å². The van der Waals surface area contributed by atoms with Crippen molar-refractivity contribution in [3.63, 3.8) is 0 Å². The van der Waals surface area contributed by atoms with Crippen molar-refractivity contribution in [2.24, 2.45) is 0 Å². The highest BCUT2D eigenvalue weighted by atomic mass is 32.2. The molecule has 1 aromatic rings. The van der Waals surface area contributed by atoms with Gasteiger partial charge in [-0.15, -0.1) is 0 Å². The van der Waals surface area contributed by atoms with E-state index >= 15 is 0 Å². The number of benzene rings is 1. The van der Waals surface area contributed by atoms with Crippen LogP contribution in [0.5, 0.6) is 0 Å². The monoisotopic (exact) mass is 265 g/mol. The molecule has 3 nitrogen and oxygen atoms in total. The summed E-state index contributed by atoms with van der Waals surface area (Å²) in [6.07, 6.45) is 4.20. The molecule has 0 radical (unpaired) electrons. The Hall–Kier alpha value is -1.00. The van der Waals surface area contributed by atoms with Crippen LogP contribution in [-0.4, -0.2) is 41.4 Å². The predicted octanol–water partition coefficient (Wildman–Crippen LogP) is 2.15. The number of amides is 1. The first-order valence-corrected chi connectivity index (χ1v) is 7.65. The van der Waals surface area contributed by atoms with E-state index < -0.39 is 0 Å². The largest absolute Gasteiger partial charge is 0.395 e. The molecule has 1 saturated carbocycles. The lowest BCUT2D eigenvalue weighted by Gasteiger charge is -2.21. The quantitative estimate of drug-likeness (QED) is 0.857. The molecular formula is C14H19NO2S. The van der Waals surface area contributed by atoms with Gasteiger partial charge in [-0.25, -0.2) is 0 Å². The molecule has 0 atom stereocenters. The van der Waals surface area contributed by atoms with E-state index in [1.807, 2.05) is 24.3 Å². The fourth-order valence-electron chi connectivity index (χ4n) is 2.02. The van der Waals surface area contributed by atoms with E-state index in [9.17, 15) is 4.79 Å². The second-order valence-electron chi connectivity index (χ2n) is 4.58. The molecule has 0 saturated heterocycles. The van der Waals surface area contributed by atoms with Crippen LogP contribution >= 0.6 is 11.8 Å². The van der Waals surface area contributed by atoms with E-state index in [-0.39, 0.29) is 12.5 Å². The Kier molecular flexibility index (Phi) is 4.66. The van der Waals surface area contributed by atoms with Crippen LogP contribution in [0.4, 0.5) is 0 Å². The molecule has 1 fully saturated rings. The average Bonchev–Trinajstić information content (AvgIpc) is 3.21. The highest BCUT2D eigenvalue weighted by Crippen LogP contribution is 2.28. The number of aliphatic hydroxyl groups excluding tert-OH is 1. The molecule has 1 N–H and O–H groups in total. The van der Waals surface area contributed by atoms with Crippen molar-refractivity contribution in [3.8, 4) is 0 Å². The third-order valence-corrected chi connectivity index (χ3v) is 3.72. The Morgan fingerprint density at radius 2 is 2.06 bits per heavy atom. The van der Waals surface area contributed by atoms with Crippen LogP contribution in [0.2, 0.25) is 0 Å². The molecule has 0 unspecified atom stereocenters. The Balaban J connectivity index is 2.06. The van der Waals surface area contributed by atoms with E-state index in [4.69, 9.17) is 5.11 Å². The normalized spacial score (nSPS) is 14.6. The van der Waals surface area contributed by atoms with Gasteiger partial charge in [-0.1, -0.05) is 12.1 Å². The Bertz CT molecular complexity index is 401. The van der Waals surface area contributed by atoms with Crippen LogP contribution in [0, 0.1) is 0 Å². The summed E-state index contributed by atoms with van der Waals surface area (Å²) in [4.78, 5) is 14.1. The van der Waals surface area contributed by atoms with E-state index in [1.54, 1.807) is 16.7 Å². The minimum absolute atomic E-state index is 0.0345. The van der Waals surface area contributed by atoms with Gasteiger partial charge in [0, 0.05) is 23.9 Å². The standard InChI is InChI=1S/C14H19NO2S/c1-18-10-11-2-4-12(5-3-11)14(17)15(8-9-16)13-6-7-13/h2-5,13,16H,6-10H2,1H3. The molecule has 0 bridgehead atoms. The Labute approximate surface area is 112 Å². The van der Waals surface area contributed by atoms with Crippen molar-refractivity contribution in [1.82, 2.24) is 4.90 Å². The molecule has 0 spiro atoms. The summed E-state index contributed by atoms with van der Waals surface area (Å²) in [5, 5.41) is 9.03. The van der Waals surface area contributed by atoms with Crippen molar-refractivity contribution < 1.29 is 9.90 Å². The second kappa shape index (κ2) is 6.25. The predicted molar refractivity (Wildman–Crippen MR) is 74.8 cm³/mol. The lowest BCUT2D eigenvalue weighted by molar-refractivity contribution is 0.0707. The molecule has 0 aliphatic heterocycles. The summed E-state index contributed by atoms with van der Waals surface area (Å²) >= 11 is 1.77. The summed E-state index contributed by atoms with van der Waals surface area (Å²) in [6, 6.07) is 8.14. The third kappa shape index (κ3) is 3.27. The number of carbonyl (C=O) groups excluding carboxylic acids is 1. The molecule has 2 rings (SSSR count). The fourth-order valence-corrected chi connectivity index (χ4v) is 2.55. The Morgan fingerprint density at radius 3 is 2.56 bits per heavy atom. The average molecular weight is 265 g/mol. The molecule has 4 heteroatoms. The lowest BCUT2D eigenvalue weighted by Crippen LogP contribution is -2.35. The minimum atomic E-state index is 0.0345. The van der Waals surface area contributed by atoms with Gasteiger partial charge in [0.25, 0.3) is 5.91 Å². The van der Waals surface area contributed by atoms with E-state index in [0.29, 0.717) is 12.6 Å². The smallest absolute Gasteiger partial charge is 0.254 e. The first-order valence-electron chi connectivity index (χ1n) is 6.26. The van der Waals surface area contributed by atoms with E-state index in [2.05, 4.69) is 6.26 Å². The second-order valence-corrected chi connectivity index (χ2v) is 5.45. The van der Waals surface area contributed by atoms with Gasteiger partial charge in [0.2, 0.25) is 0 Å². The van der Waals surface area contributed by atoms with Crippen molar-refractivity contribution in [2.45, 2.75) is 24.6 Å². The van der Waals surface area contributed by atoms with Crippen LogP contribution in [0.25, 0.3) is 0 Å². The third-order valence-electron chi connectivity index (χ3n) is 3.10. The first-order chi connectivity index (χ1) is 8.76. The van der Waals surface area contributed by atoms with Crippen molar-refractivity contribution in [2.75, 3.05) is 19.4 Å². The molecule has 18 heavy (non-hydrogen) atoms. The molecule has 0 heterocycles. The minimum Gasteiger partial charge on any atom is -0.395 e. The molecular weight excluding hydrogens is 246 g/mol. The SMILES string of the molecule is CSCc1ccc(C(=O)N(CCO)C2CC2)cc1. The van der Waals surface area contributed by atoms with Crippen molar-refractivity contribution in [3.05, 3.63) is 35.4 Å². The Morgan fingerprint density at radius 1 is 1.39 bits per heavy atom. The topological polar surface area (TPSA) is 40.5 Å². The van der Waals surface area contributed by atoms with Gasteiger partial charge in [-0.3, -0.25) is 4.79 Å². The first kappa shape index (κ1) is 13.4. The van der Waals surface area contributed by atoms with Gasteiger partial charge in [-0.2, -0.15) is 11.8 Å². The van der Waals surface area contributed by atoms with Gasteiger partial charge in [0.05, 0.1) is 6.61 Å². The molecule has 98 valence electrons. The molecule has 1 amide bonds. The highest BCUT2D eigenvalue weighted by Gasteiger charge is 2.32. The highest BCUT2D eigenvalue weighted by molar-refractivity contribution is 7.97. The summed E-state index contributed by atoms with van der Waals surface area (Å²) in [7, 11) is 0. The maximum Gasteiger partial charge on any atom is 0.254 e. The molecule has 1 aromatic carbocycles. The van der Waals surface area contributed by atoms with Gasteiger partial charge < -0.3 is 10.0 Å². The summed E-state index contributed by atoms with van der Waals surface area (Å²) < 4.78 is 0. The number of rotatable bonds is 6. The maximum atomic E-state index is 12.3. The number of hydrogen-bond donors (Lipinski definition) is 1. The maximum absolute atomic E-state index is 12.3. The van der Waals surface area contributed by atoms with Gasteiger partial charge in [0.15, 0.2) is 0 Å². The zero-order valence-electron chi connectivity index (χ0n) is 10.6. The molecule has 0 aromatic heterocycles. The van der Waals surface area contributed by atoms with Crippen LogP contribution in [0.15, 0.2) is 24.3 Å². The number of aliphatic hydroxyl groups is 1. The molecule has 1 aliphatic carbocycles. The van der Waals surface area contributed by atoms with Gasteiger partial charge >= 0.3 is 0 Å².